The molecule has 5 heteroatoms. The van der Waals surface area contributed by atoms with E-state index in [1.165, 1.54) is 0 Å². The first-order valence-electron chi connectivity index (χ1n) is 10.4. The Morgan fingerprint density at radius 1 is 1.07 bits per heavy atom. The Hall–Kier alpha value is -2.30. The molecular weight excluding hydrogens is 398 g/mol. The number of ketones is 1. The van der Waals surface area contributed by atoms with E-state index in [0.717, 1.165) is 48.3 Å². The average Bonchev–Trinajstić information content (AvgIpc) is 3.07. The number of hydrogen-bond donors (Lipinski definition) is 1. The molecule has 0 unspecified atom stereocenters. The first-order chi connectivity index (χ1) is 13.9. The van der Waals surface area contributed by atoms with Gasteiger partial charge in [-0.15, -0.1) is 12.4 Å². The molecule has 0 bridgehead atoms. The number of halogens is 1. The first kappa shape index (κ1) is 24.0. The van der Waals surface area contributed by atoms with Crippen molar-refractivity contribution in [2.24, 2.45) is 0 Å². The SMILES string of the molecule is CCCCc1oc2ccccc2c1C(=O)c1ccc(OCCNC(C)(C)C)cc1.Cl. The maximum atomic E-state index is 13.3. The molecule has 162 valence electrons. The van der Waals surface area contributed by atoms with E-state index in [9.17, 15) is 4.79 Å². The van der Waals surface area contributed by atoms with Gasteiger partial charge in [0.15, 0.2) is 5.78 Å². The first-order valence-corrected chi connectivity index (χ1v) is 10.4. The second kappa shape index (κ2) is 10.6. The van der Waals surface area contributed by atoms with Gasteiger partial charge in [-0.3, -0.25) is 4.79 Å². The molecule has 0 amide bonds. The second-order valence-electron chi connectivity index (χ2n) is 8.38. The highest BCUT2D eigenvalue weighted by Gasteiger charge is 2.21. The van der Waals surface area contributed by atoms with E-state index in [0.29, 0.717) is 17.7 Å². The van der Waals surface area contributed by atoms with Gasteiger partial charge in [-0.25, -0.2) is 0 Å². The molecule has 0 saturated heterocycles. The lowest BCUT2D eigenvalue weighted by Gasteiger charge is -2.20. The number of carbonyl (C=O) groups excluding carboxylic acids is 1. The number of para-hydroxylation sites is 1. The molecule has 0 aliphatic rings. The van der Waals surface area contributed by atoms with E-state index in [-0.39, 0.29) is 23.7 Å². The minimum atomic E-state index is 0. The lowest BCUT2D eigenvalue weighted by molar-refractivity contribution is 0.103. The smallest absolute Gasteiger partial charge is 0.197 e. The largest absolute Gasteiger partial charge is 0.492 e. The van der Waals surface area contributed by atoms with Crippen molar-refractivity contribution in [3.8, 4) is 5.75 Å². The molecule has 0 saturated carbocycles. The predicted octanol–water partition coefficient (Wildman–Crippen LogP) is 6.20. The second-order valence-corrected chi connectivity index (χ2v) is 8.38. The molecule has 3 rings (SSSR count). The van der Waals surface area contributed by atoms with E-state index in [2.05, 4.69) is 33.0 Å². The number of nitrogens with one attached hydrogen (secondary N) is 1. The summed E-state index contributed by atoms with van der Waals surface area (Å²) in [7, 11) is 0. The van der Waals surface area contributed by atoms with E-state index in [1.807, 2.05) is 48.5 Å². The number of benzene rings is 2. The Labute approximate surface area is 185 Å². The quantitative estimate of drug-likeness (QED) is 0.325. The van der Waals surface area contributed by atoms with Gasteiger partial charge in [-0.05, 0) is 57.5 Å². The van der Waals surface area contributed by atoms with E-state index in [4.69, 9.17) is 9.15 Å². The third kappa shape index (κ3) is 6.10. The van der Waals surface area contributed by atoms with Crippen LogP contribution in [0.25, 0.3) is 11.0 Å². The van der Waals surface area contributed by atoms with Gasteiger partial charge in [-0.1, -0.05) is 31.5 Å². The molecule has 0 aliphatic carbocycles. The number of furan rings is 1. The van der Waals surface area contributed by atoms with Gasteiger partial charge in [0.2, 0.25) is 0 Å². The maximum absolute atomic E-state index is 13.3. The van der Waals surface area contributed by atoms with Crippen molar-refractivity contribution in [1.82, 2.24) is 5.32 Å². The number of unbranched alkanes of at least 4 members (excludes halogenated alkanes) is 1. The Balaban J connectivity index is 0.00000320. The minimum absolute atomic E-state index is 0. The van der Waals surface area contributed by atoms with Crippen LogP contribution in [0.3, 0.4) is 0 Å². The van der Waals surface area contributed by atoms with Crippen LogP contribution < -0.4 is 10.1 Å². The molecule has 30 heavy (non-hydrogen) atoms. The molecule has 1 heterocycles. The minimum Gasteiger partial charge on any atom is -0.492 e. The summed E-state index contributed by atoms with van der Waals surface area (Å²) < 4.78 is 11.8. The molecule has 4 nitrogen and oxygen atoms in total. The standard InChI is InChI=1S/C25H31NO3.ClH/c1-5-6-10-22-23(20-9-7-8-11-21(20)29-22)24(27)18-12-14-19(15-13-18)28-17-16-26-25(2,3)4;/h7-9,11-15,26H,5-6,10,16-17H2,1-4H3;1H. The molecule has 0 atom stereocenters. The summed E-state index contributed by atoms with van der Waals surface area (Å²) in [5.74, 6) is 1.55. The highest BCUT2D eigenvalue weighted by atomic mass is 35.5. The zero-order valence-electron chi connectivity index (χ0n) is 18.3. The van der Waals surface area contributed by atoms with Gasteiger partial charge in [-0.2, -0.15) is 0 Å². The maximum Gasteiger partial charge on any atom is 0.197 e. The summed E-state index contributed by atoms with van der Waals surface area (Å²) in [4.78, 5) is 13.3. The van der Waals surface area contributed by atoms with Crippen LogP contribution in [0.2, 0.25) is 0 Å². The van der Waals surface area contributed by atoms with Crippen molar-refractivity contribution in [1.29, 1.82) is 0 Å². The van der Waals surface area contributed by atoms with Gasteiger partial charge >= 0.3 is 0 Å². The van der Waals surface area contributed by atoms with Crippen molar-refractivity contribution in [2.45, 2.75) is 52.5 Å². The van der Waals surface area contributed by atoms with Crippen LogP contribution in [0, 0.1) is 0 Å². The number of aryl methyl sites for hydroxylation is 1. The molecule has 1 N–H and O–H groups in total. The van der Waals surface area contributed by atoms with Crippen molar-refractivity contribution >= 4 is 29.2 Å². The number of carbonyl (C=O) groups is 1. The van der Waals surface area contributed by atoms with Gasteiger partial charge in [0, 0.05) is 29.5 Å². The van der Waals surface area contributed by atoms with Gasteiger partial charge in [0.05, 0.1) is 5.56 Å². The Bertz CT molecular complexity index is 955. The monoisotopic (exact) mass is 429 g/mol. The van der Waals surface area contributed by atoms with Crippen LogP contribution in [0.5, 0.6) is 5.75 Å². The summed E-state index contributed by atoms with van der Waals surface area (Å²) in [6.07, 6.45) is 2.82. The average molecular weight is 430 g/mol. The zero-order chi connectivity index (χ0) is 20.9. The van der Waals surface area contributed by atoms with Crippen LogP contribution in [0.4, 0.5) is 0 Å². The molecule has 0 aliphatic heterocycles. The number of rotatable bonds is 9. The van der Waals surface area contributed by atoms with Crippen molar-refractivity contribution in [2.75, 3.05) is 13.2 Å². The predicted molar refractivity (Wildman–Crippen MR) is 125 cm³/mol. The molecular formula is C25H32ClNO3. The fourth-order valence-electron chi connectivity index (χ4n) is 3.30. The Morgan fingerprint density at radius 3 is 2.43 bits per heavy atom. The lowest BCUT2D eigenvalue weighted by atomic mass is 9.98. The normalized spacial score (nSPS) is 11.3. The van der Waals surface area contributed by atoms with Crippen LogP contribution in [-0.2, 0) is 6.42 Å². The summed E-state index contributed by atoms with van der Waals surface area (Å²) in [6.45, 7) is 9.87. The fraction of sp³-hybridized carbons (Fsp3) is 0.400. The molecule has 2 aromatic carbocycles. The molecule has 0 radical (unpaired) electrons. The number of ether oxygens (including phenoxy) is 1. The highest BCUT2D eigenvalue weighted by Crippen LogP contribution is 2.29. The molecule has 0 spiro atoms. The zero-order valence-corrected chi connectivity index (χ0v) is 19.1. The van der Waals surface area contributed by atoms with Crippen LogP contribution >= 0.6 is 12.4 Å². The van der Waals surface area contributed by atoms with Crippen LogP contribution in [0.1, 0.15) is 62.2 Å². The third-order valence-electron chi connectivity index (χ3n) is 4.80. The number of fused-ring (bicyclic) bond motifs is 1. The lowest BCUT2D eigenvalue weighted by Crippen LogP contribution is -2.38. The van der Waals surface area contributed by atoms with Crippen LogP contribution in [-0.4, -0.2) is 24.5 Å². The molecule has 1 aromatic heterocycles. The Morgan fingerprint density at radius 2 is 1.77 bits per heavy atom. The topological polar surface area (TPSA) is 51.5 Å². The fourth-order valence-corrected chi connectivity index (χ4v) is 3.30. The van der Waals surface area contributed by atoms with Gasteiger partial charge in [0.1, 0.15) is 23.7 Å². The summed E-state index contributed by atoms with van der Waals surface area (Å²) in [6, 6.07) is 15.1. The summed E-state index contributed by atoms with van der Waals surface area (Å²) in [5.41, 5.74) is 2.18. The van der Waals surface area contributed by atoms with Gasteiger partial charge < -0.3 is 14.5 Å². The van der Waals surface area contributed by atoms with E-state index < -0.39 is 0 Å². The van der Waals surface area contributed by atoms with Gasteiger partial charge in [0.25, 0.3) is 0 Å². The van der Waals surface area contributed by atoms with Crippen molar-refractivity contribution < 1.29 is 13.9 Å². The molecule has 0 fully saturated rings. The Kier molecular flexibility index (Phi) is 8.51. The molecule has 3 aromatic rings. The highest BCUT2D eigenvalue weighted by molar-refractivity contribution is 6.16. The number of hydrogen-bond acceptors (Lipinski definition) is 4. The summed E-state index contributed by atoms with van der Waals surface area (Å²) >= 11 is 0. The van der Waals surface area contributed by atoms with Crippen molar-refractivity contribution in [3.05, 3.63) is 65.4 Å². The third-order valence-corrected chi connectivity index (χ3v) is 4.80. The summed E-state index contributed by atoms with van der Waals surface area (Å²) in [5, 5.41) is 4.28. The van der Waals surface area contributed by atoms with E-state index in [1.54, 1.807) is 0 Å². The van der Waals surface area contributed by atoms with E-state index >= 15 is 0 Å². The van der Waals surface area contributed by atoms with Crippen LogP contribution in [0.15, 0.2) is 52.9 Å². The van der Waals surface area contributed by atoms with Crippen molar-refractivity contribution in [3.63, 3.8) is 0 Å².